The average Bonchev–Trinajstić information content (AvgIpc) is 3.04. The zero-order valence-corrected chi connectivity index (χ0v) is 30.3. The molecule has 0 spiro atoms. The Labute approximate surface area is 311 Å². The van der Waals surface area contributed by atoms with Crippen molar-refractivity contribution in [3.8, 4) is 0 Å². The van der Waals surface area contributed by atoms with Crippen molar-refractivity contribution in [2.75, 3.05) is 0 Å². The summed E-state index contributed by atoms with van der Waals surface area (Å²) in [7, 11) is 0. The molecule has 0 bridgehead atoms. The predicted molar refractivity (Wildman–Crippen MR) is 203 cm³/mol. The molecule has 0 fully saturated rings. The van der Waals surface area contributed by atoms with Gasteiger partial charge in [-0.25, -0.2) is 19.1 Å². The molecular weight excluding hydrogens is 542 g/mol. The number of allylic oxidation sites excluding steroid dienone is 19. The summed E-state index contributed by atoms with van der Waals surface area (Å²) in [6.07, 6.45) is 61.5. The van der Waals surface area contributed by atoms with E-state index in [9.17, 15) is 0 Å². The summed E-state index contributed by atoms with van der Waals surface area (Å²) >= 11 is 0. The zero-order valence-electron chi connectivity index (χ0n) is 30.3. The van der Waals surface area contributed by atoms with Gasteiger partial charge in [-0.05, 0) is 108 Å². The molecule has 0 saturated heterocycles. The van der Waals surface area contributed by atoms with Gasteiger partial charge >= 0.3 is 37.7 Å². The summed E-state index contributed by atoms with van der Waals surface area (Å²) in [5.74, 6) is 1.47. The first-order chi connectivity index (χ1) is 21.7. The van der Waals surface area contributed by atoms with Gasteiger partial charge in [0.15, 0.2) is 0 Å². The molecule has 0 radical (unpaired) electrons. The Morgan fingerprint density at radius 2 is 0.652 bits per heavy atom. The quantitative estimate of drug-likeness (QED) is 0.0334. The van der Waals surface area contributed by atoms with Crippen LogP contribution in [-0.2, 0) is 0 Å². The van der Waals surface area contributed by atoms with Gasteiger partial charge in [0.25, 0.3) is 0 Å². The smallest absolute Gasteiger partial charge is 0.336 e. The molecule has 0 aromatic rings. The zero-order chi connectivity index (χ0) is 32.2. The third-order valence-corrected chi connectivity index (χ3v) is 7.56. The van der Waals surface area contributed by atoms with Crippen LogP contribution in [0.15, 0.2) is 135 Å². The summed E-state index contributed by atoms with van der Waals surface area (Å²) < 4.78 is 0. The van der Waals surface area contributed by atoms with E-state index in [-0.39, 0.29) is 37.7 Å². The molecule has 0 aliphatic heterocycles. The molecule has 0 aromatic heterocycles. The summed E-state index contributed by atoms with van der Waals surface area (Å²) in [5, 5.41) is 0. The van der Waals surface area contributed by atoms with Gasteiger partial charge in [-0.3, -0.25) is 0 Å². The minimum absolute atomic E-state index is 0. The van der Waals surface area contributed by atoms with Crippen LogP contribution in [0.1, 0.15) is 109 Å². The van der Waals surface area contributed by atoms with E-state index in [4.69, 9.17) is 0 Å². The molecule has 0 amide bonds. The number of unbranched alkanes of at least 4 members (excludes halogenated alkanes) is 5. The molecular formula is C44H66Li2. The van der Waals surface area contributed by atoms with Gasteiger partial charge in [0, 0.05) is 0 Å². The van der Waals surface area contributed by atoms with Gasteiger partial charge in [-0.2, -0.15) is 0 Å². The van der Waals surface area contributed by atoms with E-state index >= 15 is 0 Å². The van der Waals surface area contributed by atoms with E-state index in [0.29, 0.717) is 17.8 Å². The first-order valence-corrected chi connectivity index (χ1v) is 17.4. The molecule has 3 atom stereocenters. The van der Waals surface area contributed by atoms with Gasteiger partial charge in [-0.1, -0.05) is 110 Å². The van der Waals surface area contributed by atoms with Crippen molar-refractivity contribution in [3.63, 3.8) is 0 Å². The van der Waals surface area contributed by atoms with Crippen LogP contribution in [0.3, 0.4) is 0 Å². The molecule has 0 aliphatic carbocycles. The minimum Gasteiger partial charge on any atom is -0.336 e. The van der Waals surface area contributed by atoms with E-state index in [1.54, 1.807) is 0 Å². The third kappa shape index (κ3) is 36.7. The van der Waals surface area contributed by atoms with E-state index in [1.165, 1.54) is 12.8 Å². The maximum atomic E-state index is 4.05. The monoisotopic (exact) mass is 609 g/mol. The summed E-state index contributed by atoms with van der Waals surface area (Å²) in [6.45, 7) is 19.5. The van der Waals surface area contributed by atoms with E-state index in [1.807, 2.05) is 12.2 Å². The van der Waals surface area contributed by atoms with Crippen molar-refractivity contribution in [2.24, 2.45) is 17.8 Å². The Balaban J connectivity index is -0.00000924. The van der Waals surface area contributed by atoms with Crippen LogP contribution in [0.5, 0.6) is 0 Å². The van der Waals surface area contributed by atoms with Crippen LogP contribution in [0.25, 0.3) is 0 Å². The molecule has 0 rings (SSSR count). The van der Waals surface area contributed by atoms with Gasteiger partial charge in [0.1, 0.15) is 0 Å². The van der Waals surface area contributed by atoms with Crippen LogP contribution >= 0.6 is 0 Å². The predicted octanol–water partition coefficient (Wildman–Crippen LogP) is 8.15. The van der Waals surface area contributed by atoms with Crippen molar-refractivity contribution in [1.82, 2.24) is 0 Å². The topological polar surface area (TPSA) is 0 Å². The molecule has 0 aromatic carbocycles. The van der Waals surface area contributed by atoms with Gasteiger partial charge in [0.2, 0.25) is 0 Å². The molecule has 0 aliphatic rings. The van der Waals surface area contributed by atoms with Crippen molar-refractivity contribution in [3.05, 3.63) is 149 Å². The molecule has 46 heavy (non-hydrogen) atoms. The van der Waals surface area contributed by atoms with Crippen LogP contribution in [0.4, 0.5) is 0 Å². The molecule has 0 nitrogen and oxygen atoms in total. The largest absolute Gasteiger partial charge is 1.00 e. The summed E-state index contributed by atoms with van der Waals surface area (Å²) in [5.41, 5.74) is 0. The van der Waals surface area contributed by atoms with Gasteiger partial charge in [-0.15, -0.1) is 31.7 Å². The standard InChI is InChI=1S/C44H66.2Li/c1-6-10-38-43(8-3)39-34-30-26-22-18-14-12-11-13-15-19-23-27-31-35-40-44(9-4)41-36-32-28-24-20-16-17-21-25-29-33-37-42(5)7-2;;/h6-10,12,14-17,19,26,28-33,35,42-44H,1-5,11,13,18,20-25,27,34,36-41H2;;/q-2;2*+1/b10-6-,14-12-,17-16+,19-15-,30-26-,32-28-,33-29-,35-31+;;. The molecule has 0 heterocycles. The van der Waals surface area contributed by atoms with Crippen LogP contribution in [0, 0.1) is 31.6 Å². The Morgan fingerprint density at radius 3 is 0.957 bits per heavy atom. The summed E-state index contributed by atoms with van der Waals surface area (Å²) in [6, 6.07) is 0. The SMILES string of the molecule is C=CC([CH2-])C/C=C\CC/C=C/CC/C=C\CCC(C=C)C/C=C/CC/C=C\CC/C=C\CC/C=C\CCC(C=C)C/C=C\[CH2-].[Li+].[Li+]. The first-order valence-electron chi connectivity index (χ1n) is 17.4. The second kappa shape index (κ2) is 41.2. The van der Waals surface area contributed by atoms with Crippen LogP contribution < -0.4 is 37.7 Å². The van der Waals surface area contributed by atoms with Gasteiger partial charge < -0.3 is 6.92 Å². The fourth-order valence-corrected chi connectivity index (χ4v) is 4.57. The Bertz CT molecular complexity index is 908. The average molecular weight is 609 g/mol. The van der Waals surface area contributed by atoms with Crippen molar-refractivity contribution in [1.29, 1.82) is 0 Å². The minimum atomic E-state index is 0. The summed E-state index contributed by atoms with van der Waals surface area (Å²) in [4.78, 5) is 0. The molecule has 3 unspecified atom stereocenters. The normalized spacial score (nSPS) is 14.3. The van der Waals surface area contributed by atoms with Crippen LogP contribution in [0.2, 0.25) is 0 Å². The second-order valence-corrected chi connectivity index (χ2v) is 11.5. The molecule has 244 valence electrons. The molecule has 0 saturated carbocycles. The Morgan fingerprint density at radius 1 is 0.370 bits per heavy atom. The molecule has 0 N–H and O–H groups in total. The Hall–Kier alpha value is -1.80. The van der Waals surface area contributed by atoms with Crippen molar-refractivity contribution >= 4 is 0 Å². The van der Waals surface area contributed by atoms with Gasteiger partial charge in [0.05, 0.1) is 0 Å². The molecule has 2 heteroatoms. The number of rotatable bonds is 30. The number of hydrogen-bond donors (Lipinski definition) is 0. The van der Waals surface area contributed by atoms with Crippen LogP contribution in [-0.4, -0.2) is 0 Å². The van der Waals surface area contributed by atoms with Crippen molar-refractivity contribution < 1.29 is 37.7 Å². The number of hydrogen-bond acceptors (Lipinski definition) is 0. The van der Waals surface area contributed by atoms with Crippen molar-refractivity contribution in [2.45, 2.75) is 109 Å². The van der Waals surface area contributed by atoms with E-state index < -0.39 is 0 Å². The second-order valence-electron chi connectivity index (χ2n) is 11.5. The maximum Gasteiger partial charge on any atom is 1.00 e. The van der Waals surface area contributed by atoms with E-state index in [0.717, 1.165) is 96.3 Å². The fraction of sp³-hybridized carbons (Fsp3) is 0.455. The fourth-order valence-electron chi connectivity index (χ4n) is 4.57. The first kappa shape index (κ1) is 48.6. The van der Waals surface area contributed by atoms with E-state index in [2.05, 4.69) is 137 Å². The Kier molecular flexibility index (Phi) is 43.6. The third-order valence-electron chi connectivity index (χ3n) is 7.56. The maximum absolute atomic E-state index is 4.05.